The Balaban J connectivity index is 2.50. The van der Waals surface area contributed by atoms with Crippen LogP contribution in [0.2, 0.25) is 0 Å². The minimum absolute atomic E-state index is 0.136. The molecule has 1 aliphatic heterocycles. The molecule has 1 N–H and O–H groups in total. The van der Waals surface area contributed by atoms with Crippen LogP contribution < -0.4 is 9.47 Å². The van der Waals surface area contributed by atoms with Crippen molar-refractivity contribution in [3.05, 3.63) is 21.7 Å². The summed E-state index contributed by atoms with van der Waals surface area (Å²) >= 11 is 3.58. The average molecular weight is 287 g/mol. The number of hydrogen-bond donors (Lipinski definition) is 1. The molecule has 3 nitrogen and oxygen atoms in total. The Labute approximate surface area is 104 Å². The molecule has 0 saturated heterocycles. The van der Waals surface area contributed by atoms with Gasteiger partial charge in [-0.1, -0.05) is 15.9 Å². The van der Waals surface area contributed by atoms with Crippen LogP contribution in [0.5, 0.6) is 11.5 Å². The SMILES string of the molecule is COc1cc(CCO)c(Br)c2c1OC(C)C2. The molecule has 2 rings (SSSR count). The lowest BCUT2D eigenvalue weighted by Gasteiger charge is -2.12. The standard InChI is InChI=1S/C12H15BrO3/c1-7-5-9-11(13)8(3-4-14)6-10(15-2)12(9)16-7/h6-7,14H,3-5H2,1-2H3. The van der Waals surface area contributed by atoms with Crippen LogP contribution in [-0.2, 0) is 12.8 Å². The summed E-state index contributed by atoms with van der Waals surface area (Å²) in [5.41, 5.74) is 2.21. The van der Waals surface area contributed by atoms with E-state index in [0.717, 1.165) is 33.5 Å². The van der Waals surface area contributed by atoms with Crippen molar-refractivity contribution in [3.8, 4) is 11.5 Å². The summed E-state index contributed by atoms with van der Waals surface area (Å²) < 4.78 is 12.1. The number of benzene rings is 1. The molecule has 16 heavy (non-hydrogen) atoms. The largest absolute Gasteiger partial charge is 0.493 e. The van der Waals surface area contributed by atoms with Crippen molar-refractivity contribution >= 4 is 15.9 Å². The van der Waals surface area contributed by atoms with Gasteiger partial charge in [-0.25, -0.2) is 0 Å². The van der Waals surface area contributed by atoms with Crippen molar-refractivity contribution < 1.29 is 14.6 Å². The maximum atomic E-state index is 9.02. The molecule has 1 aromatic carbocycles. The van der Waals surface area contributed by atoms with Gasteiger partial charge in [0.15, 0.2) is 11.5 Å². The zero-order valence-electron chi connectivity index (χ0n) is 9.42. The lowest BCUT2D eigenvalue weighted by molar-refractivity contribution is 0.243. The molecule has 1 aliphatic rings. The number of aliphatic hydroxyl groups is 1. The van der Waals surface area contributed by atoms with Crippen molar-refractivity contribution in [2.45, 2.75) is 25.9 Å². The van der Waals surface area contributed by atoms with Gasteiger partial charge in [-0.2, -0.15) is 0 Å². The molecular weight excluding hydrogens is 272 g/mol. The lowest BCUT2D eigenvalue weighted by atomic mass is 10.0. The first-order valence-corrected chi connectivity index (χ1v) is 6.12. The zero-order valence-corrected chi connectivity index (χ0v) is 11.0. The van der Waals surface area contributed by atoms with Crippen LogP contribution >= 0.6 is 15.9 Å². The highest BCUT2D eigenvalue weighted by molar-refractivity contribution is 9.10. The van der Waals surface area contributed by atoms with Crippen LogP contribution in [-0.4, -0.2) is 24.9 Å². The van der Waals surface area contributed by atoms with E-state index >= 15 is 0 Å². The smallest absolute Gasteiger partial charge is 0.166 e. The molecule has 1 heterocycles. The van der Waals surface area contributed by atoms with E-state index in [1.807, 2.05) is 13.0 Å². The lowest BCUT2D eigenvalue weighted by Crippen LogP contribution is -2.05. The van der Waals surface area contributed by atoms with Gasteiger partial charge < -0.3 is 14.6 Å². The first-order chi connectivity index (χ1) is 7.67. The summed E-state index contributed by atoms with van der Waals surface area (Å²) in [6.45, 7) is 2.18. The molecule has 0 aliphatic carbocycles. The Kier molecular flexibility index (Phi) is 3.40. The van der Waals surface area contributed by atoms with Crippen molar-refractivity contribution in [1.29, 1.82) is 0 Å². The molecule has 4 heteroatoms. The summed E-state index contributed by atoms with van der Waals surface area (Å²) in [6.07, 6.45) is 1.69. The molecule has 1 atom stereocenters. The van der Waals surface area contributed by atoms with Crippen molar-refractivity contribution in [3.63, 3.8) is 0 Å². The molecule has 1 unspecified atom stereocenters. The van der Waals surface area contributed by atoms with E-state index in [0.29, 0.717) is 6.42 Å². The summed E-state index contributed by atoms with van der Waals surface area (Å²) in [7, 11) is 1.64. The highest BCUT2D eigenvalue weighted by Gasteiger charge is 2.27. The molecular formula is C12H15BrO3. The normalized spacial score (nSPS) is 18.1. The molecule has 0 bridgehead atoms. The molecule has 0 amide bonds. The Morgan fingerprint density at radius 1 is 1.62 bits per heavy atom. The van der Waals surface area contributed by atoms with Crippen molar-refractivity contribution in [2.24, 2.45) is 0 Å². The van der Waals surface area contributed by atoms with E-state index in [-0.39, 0.29) is 12.7 Å². The minimum atomic E-state index is 0.136. The van der Waals surface area contributed by atoms with Gasteiger partial charge in [0.25, 0.3) is 0 Å². The molecule has 1 aromatic rings. The molecule has 0 fully saturated rings. The predicted molar refractivity (Wildman–Crippen MR) is 65.3 cm³/mol. The third-order valence-electron chi connectivity index (χ3n) is 2.76. The van der Waals surface area contributed by atoms with Gasteiger partial charge in [0.1, 0.15) is 6.10 Å². The van der Waals surface area contributed by atoms with E-state index in [1.165, 1.54) is 0 Å². The van der Waals surface area contributed by atoms with Crippen LogP contribution in [0.25, 0.3) is 0 Å². The second-order valence-corrected chi connectivity index (χ2v) is 4.76. The molecule has 88 valence electrons. The van der Waals surface area contributed by atoms with Crippen molar-refractivity contribution in [1.82, 2.24) is 0 Å². The highest BCUT2D eigenvalue weighted by Crippen LogP contribution is 2.44. The molecule has 0 radical (unpaired) electrons. The van der Waals surface area contributed by atoms with Crippen LogP contribution in [0.4, 0.5) is 0 Å². The second kappa shape index (κ2) is 4.63. The monoisotopic (exact) mass is 286 g/mol. The quantitative estimate of drug-likeness (QED) is 0.927. The Morgan fingerprint density at radius 3 is 3.00 bits per heavy atom. The van der Waals surface area contributed by atoms with Gasteiger partial charge in [0, 0.05) is 23.1 Å². The van der Waals surface area contributed by atoms with Gasteiger partial charge in [-0.05, 0) is 25.0 Å². The summed E-state index contributed by atoms with van der Waals surface area (Å²) in [6, 6.07) is 1.93. The number of fused-ring (bicyclic) bond motifs is 1. The summed E-state index contributed by atoms with van der Waals surface area (Å²) in [4.78, 5) is 0. The third kappa shape index (κ3) is 1.92. The Hall–Kier alpha value is -0.740. The van der Waals surface area contributed by atoms with E-state index < -0.39 is 0 Å². The van der Waals surface area contributed by atoms with Crippen LogP contribution in [0.3, 0.4) is 0 Å². The topological polar surface area (TPSA) is 38.7 Å². The second-order valence-electron chi connectivity index (χ2n) is 3.97. The van der Waals surface area contributed by atoms with Crippen LogP contribution in [0.1, 0.15) is 18.1 Å². The maximum absolute atomic E-state index is 9.02. The maximum Gasteiger partial charge on any atom is 0.166 e. The number of halogens is 1. The fourth-order valence-corrected chi connectivity index (χ4v) is 2.68. The van der Waals surface area contributed by atoms with Crippen LogP contribution in [0.15, 0.2) is 10.5 Å². The summed E-state index contributed by atoms with van der Waals surface area (Å²) in [5, 5.41) is 9.02. The number of hydrogen-bond acceptors (Lipinski definition) is 3. The highest BCUT2D eigenvalue weighted by atomic mass is 79.9. The van der Waals surface area contributed by atoms with Crippen LogP contribution in [0, 0.1) is 0 Å². The minimum Gasteiger partial charge on any atom is -0.493 e. The number of ether oxygens (including phenoxy) is 2. The first kappa shape index (κ1) is 11.7. The number of aliphatic hydroxyl groups excluding tert-OH is 1. The predicted octanol–water partition coefficient (Wildman–Crippen LogP) is 2.32. The number of rotatable bonds is 3. The molecule has 0 aromatic heterocycles. The first-order valence-electron chi connectivity index (χ1n) is 5.33. The number of methoxy groups -OCH3 is 1. The fourth-order valence-electron chi connectivity index (χ4n) is 2.03. The van der Waals surface area contributed by atoms with Crippen molar-refractivity contribution in [2.75, 3.05) is 13.7 Å². The third-order valence-corrected chi connectivity index (χ3v) is 3.75. The average Bonchev–Trinajstić information content (AvgIpc) is 2.65. The van der Waals surface area contributed by atoms with E-state index in [2.05, 4.69) is 15.9 Å². The molecule has 0 saturated carbocycles. The van der Waals surface area contributed by atoms with Gasteiger partial charge >= 0.3 is 0 Å². The molecule has 0 spiro atoms. The van der Waals surface area contributed by atoms with Gasteiger partial charge in [0.2, 0.25) is 0 Å². The fraction of sp³-hybridized carbons (Fsp3) is 0.500. The van der Waals surface area contributed by atoms with Gasteiger partial charge in [0.05, 0.1) is 7.11 Å². The van der Waals surface area contributed by atoms with Gasteiger partial charge in [-0.15, -0.1) is 0 Å². The van der Waals surface area contributed by atoms with E-state index in [1.54, 1.807) is 7.11 Å². The Bertz CT molecular complexity index is 404. The zero-order chi connectivity index (χ0) is 11.7. The van der Waals surface area contributed by atoms with E-state index in [4.69, 9.17) is 14.6 Å². The van der Waals surface area contributed by atoms with Gasteiger partial charge in [-0.3, -0.25) is 0 Å². The van der Waals surface area contributed by atoms with E-state index in [9.17, 15) is 0 Å². The Morgan fingerprint density at radius 2 is 2.38 bits per heavy atom. The summed E-state index contributed by atoms with van der Waals surface area (Å²) in [5.74, 6) is 1.59.